The minimum atomic E-state index is -0.111. The number of nitrogens with one attached hydrogen (secondary N) is 1. The second-order valence-corrected chi connectivity index (χ2v) is 6.47. The summed E-state index contributed by atoms with van der Waals surface area (Å²) < 4.78 is 1.98. The molecule has 1 aromatic heterocycles. The monoisotopic (exact) mass is 302 g/mol. The first kappa shape index (κ1) is 15.3. The Bertz CT molecular complexity index is 537. The van der Waals surface area contributed by atoms with E-state index in [-0.39, 0.29) is 5.91 Å². The number of piperidine rings is 1. The molecule has 1 amide bonds. The molecule has 120 valence electrons. The Hall–Kier alpha value is -1.62. The molecular weight excluding hydrogens is 276 g/mol. The summed E-state index contributed by atoms with van der Waals surface area (Å²) in [7, 11) is 1.64. The molecule has 3 rings (SSSR count). The van der Waals surface area contributed by atoms with Gasteiger partial charge in [0.15, 0.2) is 0 Å². The van der Waals surface area contributed by atoms with Crippen LogP contribution >= 0.6 is 0 Å². The minimum Gasteiger partial charge on any atom is -0.354 e. The topological polar surface area (TPSA) is 50.2 Å². The summed E-state index contributed by atoms with van der Waals surface area (Å²) in [6.07, 6.45) is 12.7. The van der Waals surface area contributed by atoms with Crippen molar-refractivity contribution in [3.63, 3.8) is 0 Å². The molecule has 0 bridgehead atoms. The van der Waals surface area contributed by atoms with Crippen LogP contribution in [0.5, 0.6) is 0 Å². The maximum Gasteiger partial charge on any atom is 0.271 e. The van der Waals surface area contributed by atoms with E-state index < -0.39 is 0 Å². The van der Waals surface area contributed by atoms with E-state index in [9.17, 15) is 4.79 Å². The molecule has 1 fully saturated rings. The van der Waals surface area contributed by atoms with Crippen LogP contribution in [0.25, 0.3) is 0 Å². The Balaban J connectivity index is 1.59. The van der Waals surface area contributed by atoms with Gasteiger partial charge in [-0.1, -0.05) is 12.2 Å². The quantitative estimate of drug-likeness (QED) is 0.868. The summed E-state index contributed by atoms with van der Waals surface area (Å²) in [5, 5.41) is 7.08. The molecule has 1 aliphatic heterocycles. The normalized spacial score (nSPS) is 26.0. The largest absolute Gasteiger partial charge is 0.354 e. The van der Waals surface area contributed by atoms with Gasteiger partial charge in [0.25, 0.3) is 5.91 Å². The number of rotatable bonds is 4. The average Bonchev–Trinajstić information content (AvgIpc) is 3.05. The molecule has 22 heavy (non-hydrogen) atoms. The highest BCUT2D eigenvalue weighted by atomic mass is 16.1. The molecule has 0 radical (unpaired) electrons. The molecule has 1 N–H and O–H groups in total. The Labute approximate surface area is 132 Å². The number of carbonyl (C=O) groups excluding carboxylic acids is 1. The van der Waals surface area contributed by atoms with Gasteiger partial charge in [0.05, 0.1) is 6.04 Å². The van der Waals surface area contributed by atoms with Gasteiger partial charge >= 0.3 is 0 Å². The maximum atomic E-state index is 11.6. The molecule has 1 saturated heterocycles. The fourth-order valence-corrected chi connectivity index (χ4v) is 3.59. The lowest BCUT2D eigenvalue weighted by Crippen LogP contribution is -2.39. The first-order valence-corrected chi connectivity index (χ1v) is 8.41. The third kappa shape index (κ3) is 3.58. The second-order valence-electron chi connectivity index (χ2n) is 6.47. The molecule has 1 aliphatic carbocycles. The zero-order valence-electron chi connectivity index (χ0n) is 13.4. The number of carbonyl (C=O) groups is 1. The minimum absolute atomic E-state index is 0.111. The van der Waals surface area contributed by atoms with E-state index in [0.29, 0.717) is 11.7 Å². The van der Waals surface area contributed by atoms with E-state index in [1.165, 1.54) is 38.8 Å². The summed E-state index contributed by atoms with van der Waals surface area (Å²) in [5.74, 6) is 0.697. The zero-order valence-corrected chi connectivity index (χ0v) is 13.4. The zero-order chi connectivity index (χ0) is 15.4. The smallest absolute Gasteiger partial charge is 0.271 e. The van der Waals surface area contributed by atoms with E-state index in [4.69, 9.17) is 0 Å². The van der Waals surface area contributed by atoms with Gasteiger partial charge in [-0.2, -0.15) is 5.10 Å². The van der Waals surface area contributed by atoms with Gasteiger partial charge in [-0.15, -0.1) is 0 Å². The highest BCUT2D eigenvalue weighted by Gasteiger charge is 2.24. The fourth-order valence-electron chi connectivity index (χ4n) is 3.59. The van der Waals surface area contributed by atoms with E-state index in [2.05, 4.69) is 27.5 Å². The molecule has 0 spiro atoms. The summed E-state index contributed by atoms with van der Waals surface area (Å²) in [6, 6.07) is 2.20. The van der Waals surface area contributed by atoms with Crippen molar-refractivity contribution < 1.29 is 4.79 Å². The van der Waals surface area contributed by atoms with E-state index in [1.54, 1.807) is 7.05 Å². The van der Waals surface area contributed by atoms with Crippen LogP contribution in [0.15, 0.2) is 24.4 Å². The van der Waals surface area contributed by atoms with Crippen LogP contribution in [0, 0.1) is 5.92 Å². The molecule has 2 heterocycles. The van der Waals surface area contributed by atoms with Crippen molar-refractivity contribution in [3.8, 4) is 0 Å². The second kappa shape index (κ2) is 7.09. The molecule has 5 nitrogen and oxygen atoms in total. The van der Waals surface area contributed by atoms with Crippen molar-refractivity contribution in [1.29, 1.82) is 0 Å². The Morgan fingerprint density at radius 1 is 1.41 bits per heavy atom. The molecular formula is C17H26N4O. The predicted octanol–water partition coefficient (Wildman–Crippen LogP) is 2.24. The van der Waals surface area contributed by atoms with E-state index in [0.717, 1.165) is 18.9 Å². The molecule has 0 unspecified atom stereocenters. The standard InChI is InChI=1S/C17H26N4O/c1-18-17(22)16-9-11-21(19-16)15-8-5-10-20(13-15)12-14-6-3-2-4-7-14/h2-3,9,11,14-15H,4-8,10,12-13H2,1H3,(H,18,22)/t14-,15+/m0/s1. The van der Waals surface area contributed by atoms with Gasteiger partial charge in [0, 0.05) is 26.3 Å². The number of aromatic nitrogens is 2. The van der Waals surface area contributed by atoms with Crippen LogP contribution < -0.4 is 5.32 Å². The number of allylic oxidation sites excluding steroid dienone is 2. The number of likely N-dealkylation sites (tertiary alicyclic amines) is 1. The van der Waals surface area contributed by atoms with Crippen molar-refractivity contribution in [2.24, 2.45) is 5.92 Å². The van der Waals surface area contributed by atoms with Crippen molar-refractivity contribution in [3.05, 3.63) is 30.1 Å². The predicted molar refractivity (Wildman–Crippen MR) is 86.8 cm³/mol. The highest BCUT2D eigenvalue weighted by molar-refractivity contribution is 5.91. The maximum absolute atomic E-state index is 11.6. The number of amides is 1. The molecule has 2 aliphatic rings. The molecule has 1 aromatic rings. The first-order chi connectivity index (χ1) is 10.8. The molecule has 0 saturated carbocycles. The summed E-state index contributed by atoms with van der Waals surface area (Å²) in [5.41, 5.74) is 0.511. The lowest BCUT2D eigenvalue weighted by atomic mass is 9.93. The lowest BCUT2D eigenvalue weighted by molar-refractivity contribution is 0.0955. The van der Waals surface area contributed by atoms with Crippen LogP contribution in [0.3, 0.4) is 0 Å². The van der Waals surface area contributed by atoms with Crippen LogP contribution in [0.4, 0.5) is 0 Å². The van der Waals surface area contributed by atoms with Crippen molar-refractivity contribution in [2.75, 3.05) is 26.7 Å². The lowest BCUT2D eigenvalue weighted by Gasteiger charge is -2.35. The van der Waals surface area contributed by atoms with Crippen molar-refractivity contribution in [1.82, 2.24) is 20.0 Å². The Kier molecular flexibility index (Phi) is 4.93. The number of nitrogens with zero attached hydrogens (tertiary/aromatic N) is 3. The van der Waals surface area contributed by atoms with Gasteiger partial charge in [-0.25, -0.2) is 0 Å². The third-order valence-electron chi connectivity index (χ3n) is 4.82. The van der Waals surface area contributed by atoms with Gasteiger partial charge in [-0.05, 0) is 50.6 Å². The van der Waals surface area contributed by atoms with Crippen molar-refractivity contribution >= 4 is 5.91 Å². The first-order valence-electron chi connectivity index (χ1n) is 8.41. The van der Waals surface area contributed by atoms with E-state index >= 15 is 0 Å². The Morgan fingerprint density at radius 3 is 3.09 bits per heavy atom. The van der Waals surface area contributed by atoms with Gasteiger partial charge in [0.2, 0.25) is 0 Å². The fraction of sp³-hybridized carbons (Fsp3) is 0.647. The van der Waals surface area contributed by atoms with Crippen LogP contribution in [0.1, 0.15) is 48.6 Å². The van der Waals surface area contributed by atoms with Gasteiger partial charge in [-0.3, -0.25) is 9.48 Å². The van der Waals surface area contributed by atoms with Crippen LogP contribution in [-0.2, 0) is 0 Å². The van der Waals surface area contributed by atoms with Gasteiger partial charge in [0.1, 0.15) is 5.69 Å². The average molecular weight is 302 g/mol. The molecule has 5 heteroatoms. The van der Waals surface area contributed by atoms with Crippen LogP contribution in [0.2, 0.25) is 0 Å². The summed E-state index contributed by atoms with van der Waals surface area (Å²) in [4.78, 5) is 14.2. The summed E-state index contributed by atoms with van der Waals surface area (Å²) in [6.45, 7) is 3.44. The van der Waals surface area contributed by atoms with Crippen molar-refractivity contribution in [2.45, 2.75) is 38.1 Å². The van der Waals surface area contributed by atoms with Gasteiger partial charge < -0.3 is 10.2 Å². The van der Waals surface area contributed by atoms with Crippen LogP contribution in [-0.4, -0.2) is 47.3 Å². The van der Waals surface area contributed by atoms with E-state index in [1.807, 2.05) is 16.9 Å². The third-order valence-corrected chi connectivity index (χ3v) is 4.82. The molecule has 0 aromatic carbocycles. The molecule has 2 atom stereocenters. The Morgan fingerprint density at radius 2 is 2.32 bits per heavy atom. The number of hydrogen-bond acceptors (Lipinski definition) is 3. The SMILES string of the molecule is CNC(=O)c1ccn([C@@H]2CCCN(C[C@H]3CC=CCC3)C2)n1. The number of hydrogen-bond donors (Lipinski definition) is 1. The highest BCUT2D eigenvalue weighted by Crippen LogP contribution is 2.25. The summed E-state index contributed by atoms with van der Waals surface area (Å²) >= 11 is 0.